The lowest BCUT2D eigenvalue weighted by molar-refractivity contribution is -0.121. The molecule has 1 aromatic rings. The summed E-state index contributed by atoms with van der Waals surface area (Å²) < 4.78 is 5.26. The van der Waals surface area contributed by atoms with Crippen molar-refractivity contribution in [3.63, 3.8) is 0 Å². The van der Waals surface area contributed by atoms with E-state index in [-0.39, 0.29) is 11.8 Å². The average molecular weight is 245 g/mol. The van der Waals surface area contributed by atoms with Gasteiger partial charge in [-0.2, -0.15) is 0 Å². The van der Waals surface area contributed by atoms with Crippen molar-refractivity contribution >= 4 is 11.6 Å². The first kappa shape index (κ1) is 11.6. The fraction of sp³-hybridized carbons (Fsp3) is 0.533. The van der Waals surface area contributed by atoms with Gasteiger partial charge in [0.2, 0.25) is 5.91 Å². The maximum atomic E-state index is 12.3. The molecule has 18 heavy (non-hydrogen) atoms. The van der Waals surface area contributed by atoms with Gasteiger partial charge in [0.05, 0.1) is 12.8 Å². The predicted octanol–water partition coefficient (Wildman–Crippen LogP) is 3.07. The minimum Gasteiger partial charge on any atom is -0.495 e. The van der Waals surface area contributed by atoms with E-state index in [1.165, 1.54) is 19.3 Å². The van der Waals surface area contributed by atoms with E-state index in [1.807, 2.05) is 24.3 Å². The summed E-state index contributed by atoms with van der Waals surface area (Å²) >= 11 is 0. The number of hydrogen-bond acceptors (Lipinski definition) is 2. The second-order valence-corrected chi connectivity index (χ2v) is 5.47. The Kier molecular flexibility index (Phi) is 2.98. The molecule has 96 valence electrons. The van der Waals surface area contributed by atoms with E-state index in [1.54, 1.807) is 7.11 Å². The Labute approximate surface area is 108 Å². The van der Waals surface area contributed by atoms with Crippen LogP contribution in [0.5, 0.6) is 5.75 Å². The number of benzene rings is 1. The molecule has 2 fully saturated rings. The van der Waals surface area contributed by atoms with Crippen LogP contribution in [-0.4, -0.2) is 13.0 Å². The fourth-order valence-corrected chi connectivity index (χ4v) is 3.54. The van der Waals surface area contributed by atoms with Crippen molar-refractivity contribution in [1.29, 1.82) is 0 Å². The molecule has 1 amide bonds. The lowest BCUT2D eigenvalue weighted by Crippen LogP contribution is -2.27. The molecular weight excluding hydrogens is 226 g/mol. The Bertz CT molecular complexity index is 458. The number of hydrogen-bond donors (Lipinski definition) is 1. The first-order valence-corrected chi connectivity index (χ1v) is 6.72. The molecule has 1 N–H and O–H groups in total. The number of para-hydroxylation sites is 2. The number of ether oxygens (including phenoxy) is 1. The quantitative estimate of drug-likeness (QED) is 0.888. The zero-order valence-electron chi connectivity index (χ0n) is 10.7. The van der Waals surface area contributed by atoms with Gasteiger partial charge in [0.25, 0.3) is 0 Å². The average Bonchev–Trinajstić information content (AvgIpc) is 3.01. The molecular formula is C15H19NO2. The standard InChI is InChI=1S/C15H19NO2/c1-18-14-5-3-2-4-13(14)16-15(17)12-9-10-6-7-11(12)8-10/h2-5,10-12H,6-9H2,1H3,(H,16,17)/t10-,11+,12-/m0/s1. The molecule has 0 aromatic heterocycles. The summed E-state index contributed by atoms with van der Waals surface area (Å²) in [4.78, 5) is 12.3. The highest BCUT2D eigenvalue weighted by molar-refractivity contribution is 5.94. The summed E-state index contributed by atoms with van der Waals surface area (Å²) in [6.45, 7) is 0. The summed E-state index contributed by atoms with van der Waals surface area (Å²) in [5.41, 5.74) is 0.785. The van der Waals surface area contributed by atoms with Gasteiger partial charge in [-0.3, -0.25) is 4.79 Å². The zero-order chi connectivity index (χ0) is 12.5. The molecule has 0 radical (unpaired) electrons. The third-order valence-corrected chi connectivity index (χ3v) is 4.44. The second kappa shape index (κ2) is 4.63. The fourth-order valence-electron chi connectivity index (χ4n) is 3.54. The molecule has 0 aliphatic heterocycles. The van der Waals surface area contributed by atoms with Crippen LogP contribution in [0.4, 0.5) is 5.69 Å². The first-order chi connectivity index (χ1) is 8.78. The van der Waals surface area contributed by atoms with Crippen LogP contribution in [0.15, 0.2) is 24.3 Å². The number of fused-ring (bicyclic) bond motifs is 2. The Morgan fingerprint density at radius 2 is 2.11 bits per heavy atom. The van der Waals surface area contributed by atoms with Gasteiger partial charge in [0.15, 0.2) is 0 Å². The molecule has 1 aromatic carbocycles. The van der Waals surface area contributed by atoms with Crippen LogP contribution in [0.3, 0.4) is 0 Å². The van der Waals surface area contributed by atoms with Gasteiger partial charge in [-0.25, -0.2) is 0 Å². The molecule has 3 nitrogen and oxygen atoms in total. The molecule has 2 bridgehead atoms. The normalized spacial score (nSPS) is 29.3. The summed E-state index contributed by atoms with van der Waals surface area (Å²) in [5.74, 6) is 2.53. The molecule has 0 heterocycles. The summed E-state index contributed by atoms with van der Waals surface area (Å²) in [6.07, 6.45) is 4.88. The molecule has 0 spiro atoms. The number of methoxy groups -OCH3 is 1. The zero-order valence-corrected chi connectivity index (χ0v) is 10.7. The molecule has 2 saturated carbocycles. The van der Waals surface area contributed by atoms with Gasteiger partial charge in [-0.15, -0.1) is 0 Å². The highest BCUT2D eigenvalue weighted by atomic mass is 16.5. The Balaban J connectivity index is 1.71. The molecule has 3 heteroatoms. The number of carbonyl (C=O) groups excluding carboxylic acids is 1. The van der Waals surface area contributed by atoms with E-state index in [2.05, 4.69) is 5.32 Å². The van der Waals surface area contributed by atoms with E-state index in [0.29, 0.717) is 5.92 Å². The first-order valence-electron chi connectivity index (χ1n) is 6.72. The maximum Gasteiger partial charge on any atom is 0.227 e. The van der Waals surface area contributed by atoms with Crippen molar-refractivity contribution in [1.82, 2.24) is 0 Å². The van der Waals surface area contributed by atoms with Crippen molar-refractivity contribution in [3.8, 4) is 5.75 Å². The van der Waals surface area contributed by atoms with E-state index < -0.39 is 0 Å². The van der Waals surface area contributed by atoms with E-state index in [0.717, 1.165) is 23.8 Å². The van der Waals surface area contributed by atoms with Gasteiger partial charge in [0, 0.05) is 5.92 Å². The number of carbonyl (C=O) groups is 1. The van der Waals surface area contributed by atoms with Gasteiger partial charge < -0.3 is 10.1 Å². The lowest BCUT2D eigenvalue weighted by atomic mass is 9.88. The monoisotopic (exact) mass is 245 g/mol. The third kappa shape index (κ3) is 1.98. The van der Waals surface area contributed by atoms with Crippen LogP contribution in [0.2, 0.25) is 0 Å². The van der Waals surface area contributed by atoms with Crippen molar-refractivity contribution in [3.05, 3.63) is 24.3 Å². The molecule has 2 aliphatic carbocycles. The second-order valence-electron chi connectivity index (χ2n) is 5.47. The van der Waals surface area contributed by atoms with Crippen molar-refractivity contribution < 1.29 is 9.53 Å². The highest BCUT2D eigenvalue weighted by Crippen LogP contribution is 2.48. The third-order valence-electron chi connectivity index (χ3n) is 4.44. The van der Waals surface area contributed by atoms with Gasteiger partial charge in [0.1, 0.15) is 5.75 Å². The van der Waals surface area contributed by atoms with Gasteiger partial charge >= 0.3 is 0 Å². The maximum absolute atomic E-state index is 12.3. The Morgan fingerprint density at radius 3 is 2.78 bits per heavy atom. The summed E-state index contributed by atoms with van der Waals surface area (Å²) in [6, 6.07) is 7.59. The summed E-state index contributed by atoms with van der Waals surface area (Å²) in [5, 5.41) is 3.02. The Morgan fingerprint density at radius 1 is 1.28 bits per heavy atom. The van der Waals surface area contributed by atoms with Crippen molar-refractivity contribution in [2.45, 2.75) is 25.7 Å². The molecule has 3 atom stereocenters. The molecule has 0 saturated heterocycles. The van der Waals surface area contributed by atoms with Crippen LogP contribution in [0.25, 0.3) is 0 Å². The van der Waals surface area contributed by atoms with E-state index in [9.17, 15) is 4.79 Å². The number of anilines is 1. The highest BCUT2D eigenvalue weighted by Gasteiger charge is 2.43. The SMILES string of the molecule is COc1ccccc1NC(=O)[C@H]1C[C@H]2CC[C@@H]1C2. The lowest BCUT2D eigenvalue weighted by Gasteiger charge is -2.21. The van der Waals surface area contributed by atoms with Crippen molar-refractivity contribution in [2.24, 2.45) is 17.8 Å². The van der Waals surface area contributed by atoms with Crippen LogP contribution in [0.1, 0.15) is 25.7 Å². The van der Waals surface area contributed by atoms with Crippen LogP contribution >= 0.6 is 0 Å². The largest absolute Gasteiger partial charge is 0.495 e. The topological polar surface area (TPSA) is 38.3 Å². The number of amides is 1. The minimum absolute atomic E-state index is 0.173. The van der Waals surface area contributed by atoms with E-state index >= 15 is 0 Å². The van der Waals surface area contributed by atoms with Gasteiger partial charge in [-0.05, 0) is 43.2 Å². The van der Waals surface area contributed by atoms with Crippen molar-refractivity contribution in [2.75, 3.05) is 12.4 Å². The van der Waals surface area contributed by atoms with Crippen LogP contribution in [0, 0.1) is 17.8 Å². The number of nitrogens with one attached hydrogen (secondary N) is 1. The molecule has 2 aliphatic rings. The van der Waals surface area contributed by atoms with E-state index in [4.69, 9.17) is 4.74 Å². The van der Waals surface area contributed by atoms with Gasteiger partial charge in [-0.1, -0.05) is 18.6 Å². The molecule has 0 unspecified atom stereocenters. The predicted molar refractivity (Wildman–Crippen MR) is 70.6 cm³/mol. The number of rotatable bonds is 3. The molecule has 3 rings (SSSR count). The van der Waals surface area contributed by atoms with Crippen LogP contribution < -0.4 is 10.1 Å². The Hall–Kier alpha value is -1.51. The van der Waals surface area contributed by atoms with Crippen LogP contribution in [-0.2, 0) is 4.79 Å². The minimum atomic E-state index is 0.173. The summed E-state index contributed by atoms with van der Waals surface area (Å²) in [7, 11) is 1.63. The smallest absolute Gasteiger partial charge is 0.227 e.